The van der Waals surface area contributed by atoms with E-state index in [0.717, 1.165) is 12.0 Å². The summed E-state index contributed by atoms with van der Waals surface area (Å²) < 4.78 is 6.38. The zero-order valence-corrected chi connectivity index (χ0v) is 15.4. The highest BCUT2D eigenvalue weighted by Crippen LogP contribution is 2.13. The second kappa shape index (κ2) is 8.43. The average molecular weight is 391 g/mol. The van der Waals surface area contributed by atoms with Crippen molar-refractivity contribution >= 4 is 11.6 Å². The lowest BCUT2D eigenvalue weighted by molar-refractivity contribution is 0.0944. The lowest BCUT2D eigenvalue weighted by atomic mass is 10.1. The molecular formula is C18H19ClN4O4. The van der Waals surface area contributed by atoms with Gasteiger partial charge in [-0.05, 0) is 31.0 Å². The van der Waals surface area contributed by atoms with Crippen LogP contribution in [0.2, 0.25) is 5.02 Å². The van der Waals surface area contributed by atoms with E-state index in [1.54, 1.807) is 6.92 Å². The van der Waals surface area contributed by atoms with E-state index in [1.165, 1.54) is 10.9 Å². The molecule has 0 amide bonds. The van der Waals surface area contributed by atoms with Gasteiger partial charge in [-0.3, -0.25) is 4.79 Å². The Morgan fingerprint density at radius 2 is 2.00 bits per heavy atom. The lowest BCUT2D eigenvalue weighted by Crippen LogP contribution is -2.28. The minimum absolute atomic E-state index is 0.0309. The van der Waals surface area contributed by atoms with Gasteiger partial charge < -0.3 is 14.7 Å². The van der Waals surface area contributed by atoms with Crippen LogP contribution in [0.25, 0.3) is 0 Å². The van der Waals surface area contributed by atoms with Gasteiger partial charge in [0.1, 0.15) is 12.6 Å². The number of hydrogen-bond donors (Lipinski definition) is 2. The third-order valence-corrected chi connectivity index (χ3v) is 4.45. The second-order valence-corrected chi connectivity index (χ2v) is 6.55. The van der Waals surface area contributed by atoms with Crippen LogP contribution >= 0.6 is 11.6 Å². The molecule has 0 spiro atoms. The van der Waals surface area contributed by atoms with Crippen molar-refractivity contribution in [3.05, 3.63) is 74.2 Å². The smallest absolute Gasteiger partial charge is 0.270 e. The van der Waals surface area contributed by atoms with Crippen LogP contribution in [0, 0.1) is 6.92 Å². The van der Waals surface area contributed by atoms with Gasteiger partial charge >= 0.3 is 0 Å². The maximum absolute atomic E-state index is 12.4. The molecule has 0 saturated carbocycles. The number of benzene rings is 1. The highest BCUT2D eigenvalue weighted by molar-refractivity contribution is 6.30. The minimum Gasteiger partial charge on any atom is -0.393 e. The Morgan fingerprint density at radius 3 is 2.70 bits per heavy atom. The zero-order chi connectivity index (χ0) is 19.4. The first-order valence-electron chi connectivity index (χ1n) is 8.39. The predicted octanol–water partition coefficient (Wildman–Crippen LogP) is 1.45. The van der Waals surface area contributed by atoms with Gasteiger partial charge in [0.2, 0.25) is 5.89 Å². The second-order valence-electron chi connectivity index (χ2n) is 6.12. The number of aliphatic hydroxyl groups excluding tert-OH is 2. The van der Waals surface area contributed by atoms with Gasteiger partial charge in [0, 0.05) is 22.6 Å². The van der Waals surface area contributed by atoms with Crippen LogP contribution in [0.3, 0.4) is 0 Å². The Labute approximate surface area is 160 Å². The van der Waals surface area contributed by atoms with Crippen molar-refractivity contribution in [1.29, 1.82) is 0 Å². The first-order valence-corrected chi connectivity index (χ1v) is 8.77. The average Bonchev–Trinajstić information content (AvgIpc) is 3.12. The van der Waals surface area contributed by atoms with E-state index in [1.807, 2.05) is 24.3 Å². The van der Waals surface area contributed by atoms with Crippen LogP contribution in [0.15, 0.2) is 39.8 Å². The van der Waals surface area contributed by atoms with Crippen molar-refractivity contribution in [2.75, 3.05) is 6.61 Å². The maximum Gasteiger partial charge on any atom is 0.270 e. The Morgan fingerprint density at radius 1 is 1.26 bits per heavy atom. The lowest BCUT2D eigenvalue weighted by Gasteiger charge is -2.11. The summed E-state index contributed by atoms with van der Waals surface area (Å²) in [6.07, 6.45) is 1.55. The van der Waals surface area contributed by atoms with Crippen LogP contribution in [0.1, 0.15) is 34.5 Å². The topological polar surface area (TPSA) is 114 Å². The fourth-order valence-electron chi connectivity index (χ4n) is 2.64. The van der Waals surface area contributed by atoms with Crippen molar-refractivity contribution in [2.24, 2.45) is 0 Å². The summed E-state index contributed by atoms with van der Waals surface area (Å²) in [6.45, 7) is 1.12. The molecule has 2 heterocycles. The molecule has 3 rings (SSSR count). The molecule has 9 heteroatoms. The van der Waals surface area contributed by atoms with Crippen LogP contribution in [0.5, 0.6) is 0 Å². The van der Waals surface area contributed by atoms with E-state index >= 15 is 0 Å². The Hall–Kier alpha value is -2.55. The van der Waals surface area contributed by atoms with E-state index in [2.05, 4.69) is 15.2 Å². The number of rotatable bonds is 7. The molecule has 0 saturated heterocycles. The van der Waals surface area contributed by atoms with Gasteiger partial charge in [-0.2, -0.15) is 10.1 Å². The van der Waals surface area contributed by atoms with Gasteiger partial charge in [-0.25, -0.2) is 4.68 Å². The minimum atomic E-state index is -1.14. The van der Waals surface area contributed by atoms with Crippen molar-refractivity contribution < 1.29 is 14.7 Å². The summed E-state index contributed by atoms with van der Waals surface area (Å²) in [4.78, 5) is 16.7. The van der Waals surface area contributed by atoms with Gasteiger partial charge in [-0.1, -0.05) is 28.9 Å². The molecular weight excluding hydrogens is 372 g/mol. The van der Waals surface area contributed by atoms with E-state index in [-0.39, 0.29) is 18.0 Å². The molecule has 1 aromatic carbocycles. The molecule has 142 valence electrons. The summed E-state index contributed by atoms with van der Waals surface area (Å²) in [5.74, 6) is 0.808. The Balaban J connectivity index is 1.68. The first kappa shape index (κ1) is 19.2. The largest absolute Gasteiger partial charge is 0.393 e. The summed E-state index contributed by atoms with van der Waals surface area (Å²) in [7, 11) is 0. The van der Waals surface area contributed by atoms with E-state index in [0.29, 0.717) is 28.4 Å². The summed E-state index contributed by atoms with van der Waals surface area (Å²) in [6, 6.07) is 7.54. The Bertz CT molecular complexity index is 968. The molecule has 2 aromatic heterocycles. The molecule has 3 aromatic rings. The van der Waals surface area contributed by atoms with Crippen molar-refractivity contribution in [2.45, 2.75) is 32.4 Å². The quantitative estimate of drug-likeness (QED) is 0.627. The normalized spacial score (nSPS) is 12.3. The number of aliphatic hydroxyl groups is 2. The fourth-order valence-corrected chi connectivity index (χ4v) is 2.76. The standard InChI is InChI=1S/C18H19ClN4O4/c1-11-14(15(25)10-24)8-20-23(18(11)26)9-17-21-16(22-27-17)7-4-12-2-5-13(19)6-3-12/h2-3,5-6,8,15,24-25H,4,7,9-10H2,1H3/t15-/m0/s1. The van der Waals surface area contributed by atoms with Crippen LogP contribution in [-0.2, 0) is 19.4 Å². The molecule has 0 aliphatic carbocycles. The van der Waals surface area contributed by atoms with Gasteiger partial charge in [0.25, 0.3) is 5.56 Å². The molecule has 27 heavy (non-hydrogen) atoms. The van der Waals surface area contributed by atoms with Gasteiger partial charge in [-0.15, -0.1) is 0 Å². The van der Waals surface area contributed by atoms with Gasteiger partial charge in [0.05, 0.1) is 12.8 Å². The molecule has 0 aliphatic heterocycles. The zero-order valence-electron chi connectivity index (χ0n) is 14.7. The fraction of sp³-hybridized carbons (Fsp3) is 0.333. The predicted molar refractivity (Wildman–Crippen MR) is 97.5 cm³/mol. The molecule has 0 unspecified atom stereocenters. The number of nitrogens with zero attached hydrogens (tertiary/aromatic N) is 4. The van der Waals surface area contributed by atoms with Crippen LogP contribution < -0.4 is 5.56 Å². The molecule has 0 bridgehead atoms. The SMILES string of the molecule is Cc1c([C@@H](O)CO)cnn(Cc2nc(CCc3ccc(Cl)cc3)no2)c1=O. The van der Waals surface area contributed by atoms with Gasteiger partial charge in [0.15, 0.2) is 5.82 Å². The molecule has 0 fully saturated rings. The van der Waals surface area contributed by atoms with Crippen molar-refractivity contribution in [1.82, 2.24) is 19.9 Å². The van der Waals surface area contributed by atoms with Crippen molar-refractivity contribution in [3.8, 4) is 0 Å². The van der Waals surface area contributed by atoms with Crippen LogP contribution in [-0.4, -0.2) is 36.7 Å². The molecule has 0 radical (unpaired) electrons. The van der Waals surface area contributed by atoms with Crippen LogP contribution in [0.4, 0.5) is 0 Å². The third kappa shape index (κ3) is 4.60. The van der Waals surface area contributed by atoms with E-state index < -0.39 is 12.7 Å². The number of halogens is 1. The number of hydrogen-bond acceptors (Lipinski definition) is 7. The maximum atomic E-state index is 12.4. The van der Waals surface area contributed by atoms with Crippen molar-refractivity contribution in [3.63, 3.8) is 0 Å². The third-order valence-electron chi connectivity index (χ3n) is 4.20. The molecule has 2 N–H and O–H groups in total. The summed E-state index contributed by atoms with van der Waals surface area (Å²) in [5.41, 5.74) is 1.33. The number of aromatic nitrogens is 4. The molecule has 1 atom stereocenters. The highest BCUT2D eigenvalue weighted by Gasteiger charge is 2.16. The number of aryl methyl sites for hydroxylation is 2. The molecule has 8 nitrogen and oxygen atoms in total. The highest BCUT2D eigenvalue weighted by atomic mass is 35.5. The van der Waals surface area contributed by atoms with E-state index in [4.69, 9.17) is 21.2 Å². The van der Waals surface area contributed by atoms with E-state index in [9.17, 15) is 9.90 Å². The molecule has 0 aliphatic rings. The summed E-state index contributed by atoms with van der Waals surface area (Å²) >= 11 is 5.87. The first-order chi connectivity index (χ1) is 13.0. The summed E-state index contributed by atoms with van der Waals surface area (Å²) in [5, 5.41) is 27.4. The monoisotopic (exact) mass is 390 g/mol. The Kier molecular flexibility index (Phi) is 6.00.